The highest BCUT2D eigenvalue weighted by atomic mass is 16.6. The van der Waals surface area contributed by atoms with Gasteiger partial charge in [0.2, 0.25) is 0 Å². The zero-order valence-corrected chi connectivity index (χ0v) is 20.2. The Morgan fingerprint density at radius 3 is 2.49 bits per heavy atom. The third-order valence-electron chi connectivity index (χ3n) is 6.52. The summed E-state index contributed by atoms with van der Waals surface area (Å²) in [5.74, 6) is -2.81. The zero-order valence-electron chi connectivity index (χ0n) is 20.2. The number of aryl methyl sites for hydroxylation is 1. The number of esters is 4. The first-order valence-corrected chi connectivity index (χ1v) is 11.3. The monoisotopic (exact) mass is 488 g/mol. The molecule has 1 aromatic heterocycles. The molecule has 0 unspecified atom stereocenters. The lowest BCUT2D eigenvalue weighted by atomic mass is 9.84. The van der Waals surface area contributed by atoms with Crippen molar-refractivity contribution in [1.82, 2.24) is 0 Å². The van der Waals surface area contributed by atoms with Crippen molar-refractivity contribution in [2.75, 3.05) is 7.11 Å². The third-order valence-corrected chi connectivity index (χ3v) is 6.52. The van der Waals surface area contributed by atoms with Crippen LogP contribution < -0.4 is 0 Å². The van der Waals surface area contributed by atoms with Crippen LogP contribution in [0.3, 0.4) is 0 Å². The minimum absolute atomic E-state index is 0.0425. The number of fused-ring (bicyclic) bond motifs is 5. The average molecular weight is 488 g/mol. The fraction of sp³-hybridized carbons (Fsp3) is 0.520. The molecule has 0 radical (unpaired) electrons. The van der Waals surface area contributed by atoms with E-state index in [4.69, 9.17) is 28.1 Å². The first-order valence-electron chi connectivity index (χ1n) is 11.3. The van der Waals surface area contributed by atoms with Gasteiger partial charge in [-0.3, -0.25) is 9.59 Å². The van der Waals surface area contributed by atoms with Crippen LogP contribution in [0, 0.1) is 12.8 Å². The highest BCUT2D eigenvalue weighted by molar-refractivity contribution is 5.93. The van der Waals surface area contributed by atoms with Crippen LogP contribution >= 0.6 is 0 Å². The maximum Gasteiger partial charge on any atom is 0.338 e. The molecule has 4 bridgehead atoms. The second kappa shape index (κ2) is 8.99. The van der Waals surface area contributed by atoms with Crippen LogP contribution in [0.4, 0.5) is 0 Å². The van der Waals surface area contributed by atoms with Crippen LogP contribution in [0.5, 0.6) is 0 Å². The average Bonchev–Trinajstić information content (AvgIpc) is 3.08. The number of ether oxygens (including phenoxy) is 5. The Morgan fingerprint density at radius 1 is 1.17 bits per heavy atom. The molecule has 10 nitrogen and oxygen atoms in total. The largest absolute Gasteiger partial charge is 0.466 e. The second-order valence-electron chi connectivity index (χ2n) is 9.26. The number of hydrogen-bond acceptors (Lipinski definition) is 10. The van der Waals surface area contributed by atoms with Crippen molar-refractivity contribution in [3.63, 3.8) is 0 Å². The molecular formula is C25H28O10. The van der Waals surface area contributed by atoms with E-state index in [1.807, 2.05) is 6.92 Å². The van der Waals surface area contributed by atoms with Crippen molar-refractivity contribution in [2.45, 2.75) is 70.6 Å². The second-order valence-corrected chi connectivity index (χ2v) is 9.26. The van der Waals surface area contributed by atoms with E-state index in [-0.39, 0.29) is 17.6 Å². The van der Waals surface area contributed by atoms with Gasteiger partial charge in [0.1, 0.15) is 35.4 Å². The molecule has 0 N–H and O–H groups in total. The lowest BCUT2D eigenvalue weighted by Crippen LogP contribution is -2.32. The van der Waals surface area contributed by atoms with Crippen molar-refractivity contribution >= 4 is 23.9 Å². The summed E-state index contributed by atoms with van der Waals surface area (Å²) in [6.45, 7) is 9.96. The lowest BCUT2D eigenvalue weighted by molar-refractivity contribution is -0.155. The molecule has 3 aliphatic heterocycles. The van der Waals surface area contributed by atoms with Crippen molar-refractivity contribution < 1.29 is 47.3 Å². The minimum Gasteiger partial charge on any atom is -0.466 e. The molecule has 0 spiro atoms. The Morgan fingerprint density at radius 2 is 1.86 bits per heavy atom. The zero-order chi connectivity index (χ0) is 25.7. The number of carbonyl (C=O) groups is 4. The SMILES string of the molecule is C=C(C(=O)OC)[C@H]1C[C@H](OC(C)=O)C2=C[C@@H](C[C@]3(C)O[C@H]3c3cc(C)c(o3)[C@@H]1OC(C)=O)OC2=O. The summed E-state index contributed by atoms with van der Waals surface area (Å²) in [6.07, 6.45) is -1.38. The first-order chi connectivity index (χ1) is 16.4. The summed E-state index contributed by atoms with van der Waals surface area (Å²) in [5.41, 5.74) is 0.0991. The van der Waals surface area contributed by atoms with Crippen molar-refractivity contribution in [3.8, 4) is 0 Å². The highest BCUT2D eigenvalue weighted by Crippen LogP contribution is 2.55. The fourth-order valence-electron chi connectivity index (χ4n) is 4.83. The molecule has 35 heavy (non-hydrogen) atoms. The summed E-state index contributed by atoms with van der Waals surface area (Å²) in [5, 5.41) is 0. The van der Waals surface area contributed by atoms with Gasteiger partial charge in [-0.15, -0.1) is 0 Å². The van der Waals surface area contributed by atoms with Crippen LogP contribution in [0.2, 0.25) is 0 Å². The Balaban J connectivity index is 1.88. The van der Waals surface area contributed by atoms with Gasteiger partial charge in [0.25, 0.3) is 0 Å². The Hall–Kier alpha value is -3.40. The number of carbonyl (C=O) groups excluding carboxylic acids is 4. The molecule has 0 amide bonds. The smallest absolute Gasteiger partial charge is 0.338 e. The van der Waals surface area contributed by atoms with Gasteiger partial charge in [-0.2, -0.15) is 0 Å². The standard InChI is InChI=1S/C25H28O10/c1-11-7-19-22-25(5,35-22)10-15-8-17(24(29)33-15)18(31-13(3)26)9-16(12(2)23(28)30-6)21(20(11)34-19)32-14(4)27/h7-8,15-16,18,21-22H,2,9-10H2,1,3-6H3/t15-,16+,18-,21+,22-,25-/m0/s1. The van der Waals surface area contributed by atoms with Crippen LogP contribution in [0.1, 0.15) is 62.9 Å². The summed E-state index contributed by atoms with van der Waals surface area (Å²) in [6, 6.07) is 1.79. The van der Waals surface area contributed by atoms with Crippen LogP contribution in [-0.2, 0) is 42.9 Å². The molecule has 3 aliphatic rings. The Bertz CT molecular complexity index is 1130. The molecule has 4 heterocycles. The number of hydrogen-bond donors (Lipinski definition) is 0. The predicted octanol–water partition coefficient (Wildman–Crippen LogP) is 2.94. The lowest BCUT2D eigenvalue weighted by Gasteiger charge is -2.29. The van der Waals surface area contributed by atoms with Gasteiger partial charge >= 0.3 is 23.9 Å². The van der Waals surface area contributed by atoms with E-state index >= 15 is 0 Å². The van der Waals surface area contributed by atoms with Gasteiger partial charge in [0.15, 0.2) is 6.10 Å². The van der Waals surface area contributed by atoms with Crippen LogP contribution in [-0.4, -0.2) is 48.8 Å². The van der Waals surface area contributed by atoms with Gasteiger partial charge in [-0.05, 0) is 31.6 Å². The molecule has 4 rings (SSSR count). The van der Waals surface area contributed by atoms with Gasteiger partial charge in [-0.1, -0.05) is 6.58 Å². The van der Waals surface area contributed by atoms with Crippen molar-refractivity contribution in [1.29, 1.82) is 0 Å². The maximum atomic E-state index is 12.8. The molecule has 10 heteroatoms. The van der Waals surface area contributed by atoms with Gasteiger partial charge < -0.3 is 28.1 Å². The van der Waals surface area contributed by atoms with Crippen LogP contribution in [0.25, 0.3) is 0 Å². The van der Waals surface area contributed by atoms with Gasteiger partial charge in [-0.25, -0.2) is 9.59 Å². The number of rotatable bonds is 4. The van der Waals surface area contributed by atoms with E-state index in [2.05, 4.69) is 6.58 Å². The molecule has 6 atom stereocenters. The molecule has 0 aliphatic carbocycles. The Kier molecular flexibility index (Phi) is 6.35. The summed E-state index contributed by atoms with van der Waals surface area (Å²) in [4.78, 5) is 49.4. The van der Waals surface area contributed by atoms with E-state index in [1.54, 1.807) is 19.1 Å². The fourth-order valence-corrected chi connectivity index (χ4v) is 4.83. The van der Waals surface area contributed by atoms with Crippen molar-refractivity contribution in [2.24, 2.45) is 5.92 Å². The van der Waals surface area contributed by atoms with Crippen molar-refractivity contribution in [3.05, 3.63) is 47.0 Å². The minimum atomic E-state index is -1.12. The third kappa shape index (κ3) is 4.75. The van der Waals surface area contributed by atoms with E-state index in [0.717, 1.165) is 0 Å². The topological polar surface area (TPSA) is 131 Å². The van der Waals surface area contributed by atoms with E-state index in [0.29, 0.717) is 23.5 Å². The van der Waals surface area contributed by atoms with Crippen LogP contribution in [0.15, 0.2) is 34.3 Å². The molecule has 1 fully saturated rings. The van der Waals surface area contributed by atoms with E-state index in [9.17, 15) is 19.2 Å². The normalized spacial score (nSPS) is 31.4. The molecule has 1 aromatic rings. The van der Waals surface area contributed by atoms with E-state index < -0.39 is 59.8 Å². The molecular weight excluding hydrogens is 460 g/mol. The number of epoxide rings is 1. The number of methoxy groups -OCH3 is 1. The molecule has 188 valence electrons. The predicted molar refractivity (Wildman–Crippen MR) is 118 cm³/mol. The summed E-state index contributed by atoms with van der Waals surface area (Å²) < 4.78 is 33.6. The summed E-state index contributed by atoms with van der Waals surface area (Å²) >= 11 is 0. The molecule has 0 saturated carbocycles. The van der Waals surface area contributed by atoms with Gasteiger partial charge in [0.05, 0.1) is 12.7 Å². The van der Waals surface area contributed by atoms with Gasteiger partial charge in [0, 0.05) is 38.2 Å². The Labute approximate surface area is 202 Å². The molecule has 1 saturated heterocycles. The number of furan rings is 1. The maximum absolute atomic E-state index is 12.8. The first kappa shape index (κ1) is 24.7. The van der Waals surface area contributed by atoms with E-state index in [1.165, 1.54) is 21.0 Å². The molecule has 0 aromatic carbocycles. The quantitative estimate of drug-likeness (QED) is 0.270. The highest BCUT2D eigenvalue weighted by Gasteiger charge is 2.57. The summed E-state index contributed by atoms with van der Waals surface area (Å²) in [7, 11) is 1.19.